The van der Waals surface area contributed by atoms with Gasteiger partial charge < -0.3 is 9.47 Å². The highest BCUT2D eigenvalue weighted by molar-refractivity contribution is 7.89. The molecule has 2 aromatic rings. The number of hydrogen-bond acceptors (Lipinski definition) is 4. The average Bonchev–Trinajstić information content (AvgIpc) is 2.68. The Morgan fingerprint density at radius 1 is 1.04 bits per heavy atom. The smallest absolute Gasteiger partial charge is 0.246 e. The number of methoxy groups -OCH3 is 2. The molecule has 27 heavy (non-hydrogen) atoms. The van der Waals surface area contributed by atoms with Crippen molar-refractivity contribution in [2.45, 2.75) is 24.2 Å². The van der Waals surface area contributed by atoms with Gasteiger partial charge in [-0.05, 0) is 30.7 Å². The summed E-state index contributed by atoms with van der Waals surface area (Å²) in [6.45, 7) is 0.988. The van der Waals surface area contributed by atoms with Crippen molar-refractivity contribution in [3.8, 4) is 11.5 Å². The van der Waals surface area contributed by atoms with E-state index in [1.54, 1.807) is 0 Å². The fourth-order valence-electron chi connectivity index (χ4n) is 3.47. The van der Waals surface area contributed by atoms with Crippen molar-refractivity contribution in [2.75, 3.05) is 27.3 Å². The fourth-order valence-corrected chi connectivity index (χ4v) is 5.33. The molecule has 2 aromatic carbocycles. The lowest BCUT2D eigenvalue weighted by atomic mass is 9.91. The second-order valence-corrected chi connectivity index (χ2v) is 8.99. The molecular weight excluding hydrogens is 386 g/mol. The van der Waals surface area contributed by atoms with Crippen LogP contribution in [0.2, 0.25) is 5.02 Å². The SMILES string of the molecule is COc1cc(S(=O)(=O)N2CCC(Cc3ccccc3)CC2)c(OC)cc1Cl. The van der Waals surface area contributed by atoms with Crippen LogP contribution < -0.4 is 9.47 Å². The number of rotatable bonds is 6. The Bertz CT molecular complexity index is 878. The van der Waals surface area contributed by atoms with Gasteiger partial charge in [-0.25, -0.2) is 8.42 Å². The van der Waals surface area contributed by atoms with Gasteiger partial charge >= 0.3 is 0 Å². The molecule has 1 aliphatic rings. The first-order valence-electron chi connectivity index (χ1n) is 8.91. The highest BCUT2D eigenvalue weighted by Gasteiger charge is 2.32. The molecule has 0 aliphatic carbocycles. The quantitative estimate of drug-likeness (QED) is 0.723. The maximum Gasteiger partial charge on any atom is 0.246 e. The summed E-state index contributed by atoms with van der Waals surface area (Å²) in [6, 6.07) is 13.2. The van der Waals surface area contributed by atoms with E-state index in [-0.39, 0.29) is 10.6 Å². The van der Waals surface area contributed by atoms with E-state index < -0.39 is 10.0 Å². The van der Waals surface area contributed by atoms with E-state index in [1.165, 1.54) is 36.2 Å². The summed E-state index contributed by atoms with van der Waals surface area (Å²) < 4.78 is 38.3. The molecule has 0 saturated carbocycles. The Morgan fingerprint density at radius 3 is 2.26 bits per heavy atom. The number of hydrogen-bond donors (Lipinski definition) is 0. The molecule has 0 N–H and O–H groups in total. The van der Waals surface area contributed by atoms with Crippen LogP contribution in [0.3, 0.4) is 0 Å². The molecule has 0 unspecified atom stereocenters. The van der Waals surface area contributed by atoms with Gasteiger partial charge in [0.2, 0.25) is 10.0 Å². The van der Waals surface area contributed by atoms with Crippen LogP contribution in [0, 0.1) is 5.92 Å². The third-order valence-corrected chi connectivity index (χ3v) is 7.21. The van der Waals surface area contributed by atoms with Crippen LogP contribution in [0.25, 0.3) is 0 Å². The maximum atomic E-state index is 13.2. The monoisotopic (exact) mass is 409 g/mol. The lowest BCUT2D eigenvalue weighted by Gasteiger charge is -2.31. The van der Waals surface area contributed by atoms with E-state index in [4.69, 9.17) is 21.1 Å². The molecule has 3 rings (SSSR count). The summed E-state index contributed by atoms with van der Waals surface area (Å²) in [7, 11) is -0.789. The Morgan fingerprint density at radius 2 is 1.67 bits per heavy atom. The van der Waals surface area contributed by atoms with Gasteiger partial charge in [0.1, 0.15) is 16.4 Å². The van der Waals surface area contributed by atoms with Gasteiger partial charge in [0.25, 0.3) is 0 Å². The number of ether oxygens (including phenoxy) is 2. The Balaban J connectivity index is 1.75. The third-order valence-electron chi connectivity index (χ3n) is 5.00. The molecular formula is C20H24ClNO4S. The van der Waals surface area contributed by atoms with Gasteiger partial charge in [0.05, 0.1) is 19.2 Å². The van der Waals surface area contributed by atoms with Crippen LogP contribution >= 0.6 is 11.6 Å². The van der Waals surface area contributed by atoms with Crippen molar-refractivity contribution in [3.63, 3.8) is 0 Å². The van der Waals surface area contributed by atoms with Crippen LogP contribution in [0.15, 0.2) is 47.4 Å². The molecule has 146 valence electrons. The fraction of sp³-hybridized carbons (Fsp3) is 0.400. The zero-order chi connectivity index (χ0) is 19.4. The number of nitrogens with zero attached hydrogens (tertiary/aromatic N) is 1. The minimum absolute atomic E-state index is 0.0905. The highest BCUT2D eigenvalue weighted by Crippen LogP contribution is 2.37. The van der Waals surface area contributed by atoms with E-state index in [9.17, 15) is 8.42 Å². The predicted octanol–water partition coefficient (Wildman–Crippen LogP) is 4.00. The molecule has 1 aliphatic heterocycles. The first kappa shape index (κ1) is 20.0. The molecule has 0 amide bonds. The van der Waals surface area contributed by atoms with Gasteiger partial charge in [0, 0.05) is 25.2 Å². The van der Waals surface area contributed by atoms with Gasteiger partial charge in [0.15, 0.2) is 0 Å². The number of sulfonamides is 1. The lowest BCUT2D eigenvalue weighted by molar-refractivity contribution is 0.272. The average molecular weight is 410 g/mol. The predicted molar refractivity (Wildman–Crippen MR) is 106 cm³/mol. The summed E-state index contributed by atoms with van der Waals surface area (Å²) in [5.74, 6) is 1.03. The van der Waals surface area contributed by atoms with Crippen molar-refractivity contribution < 1.29 is 17.9 Å². The summed E-state index contributed by atoms with van der Waals surface area (Å²) in [5, 5.41) is 0.315. The topological polar surface area (TPSA) is 55.8 Å². The second kappa shape index (κ2) is 8.50. The Hall–Kier alpha value is -1.76. The van der Waals surface area contributed by atoms with Gasteiger partial charge in [-0.3, -0.25) is 0 Å². The molecule has 7 heteroatoms. The summed E-state index contributed by atoms with van der Waals surface area (Å²) in [4.78, 5) is 0.0905. The molecule has 0 spiro atoms. The maximum absolute atomic E-state index is 13.2. The van der Waals surface area contributed by atoms with E-state index >= 15 is 0 Å². The van der Waals surface area contributed by atoms with Gasteiger partial charge in [-0.2, -0.15) is 4.31 Å². The zero-order valence-electron chi connectivity index (χ0n) is 15.5. The van der Waals surface area contributed by atoms with Crippen LogP contribution in [0.1, 0.15) is 18.4 Å². The van der Waals surface area contributed by atoms with Crippen molar-refractivity contribution in [3.05, 3.63) is 53.1 Å². The molecule has 0 atom stereocenters. The Kier molecular flexibility index (Phi) is 6.29. The first-order chi connectivity index (χ1) is 13.0. The molecule has 0 aromatic heterocycles. The lowest BCUT2D eigenvalue weighted by Crippen LogP contribution is -2.39. The normalized spacial score (nSPS) is 16.3. The number of benzene rings is 2. The van der Waals surface area contributed by atoms with Crippen molar-refractivity contribution in [1.82, 2.24) is 4.31 Å². The van der Waals surface area contributed by atoms with Crippen molar-refractivity contribution >= 4 is 21.6 Å². The minimum atomic E-state index is -3.68. The van der Waals surface area contributed by atoms with Crippen LogP contribution in [0.5, 0.6) is 11.5 Å². The molecule has 1 fully saturated rings. The van der Waals surface area contributed by atoms with Crippen LogP contribution in [0.4, 0.5) is 0 Å². The molecule has 1 saturated heterocycles. The largest absolute Gasteiger partial charge is 0.495 e. The van der Waals surface area contributed by atoms with Gasteiger partial charge in [-0.1, -0.05) is 41.9 Å². The standard InChI is InChI=1S/C20H24ClNO4S/c1-25-18-14-20(19(26-2)13-17(18)21)27(23,24)22-10-8-16(9-11-22)12-15-6-4-3-5-7-15/h3-7,13-14,16H,8-12H2,1-2H3. The second-order valence-electron chi connectivity index (χ2n) is 6.67. The van der Waals surface area contributed by atoms with E-state index in [0.29, 0.717) is 29.8 Å². The van der Waals surface area contributed by atoms with Crippen molar-refractivity contribution in [2.24, 2.45) is 5.92 Å². The van der Waals surface area contributed by atoms with E-state index in [0.717, 1.165) is 19.3 Å². The van der Waals surface area contributed by atoms with E-state index in [2.05, 4.69) is 12.1 Å². The molecule has 1 heterocycles. The van der Waals surface area contributed by atoms with Crippen LogP contribution in [-0.2, 0) is 16.4 Å². The summed E-state index contributed by atoms with van der Waals surface area (Å²) in [5.41, 5.74) is 1.29. The van der Waals surface area contributed by atoms with Gasteiger partial charge in [-0.15, -0.1) is 0 Å². The number of piperidine rings is 1. The Labute approximate surface area is 165 Å². The van der Waals surface area contributed by atoms with Crippen molar-refractivity contribution in [1.29, 1.82) is 0 Å². The zero-order valence-corrected chi connectivity index (χ0v) is 17.1. The minimum Gasteiger partial charge on any atom is -0.495 e. The summed E-state index contributed by atoms with van der Waals surface area (Å²) in [6.07, 6.45) is 2.65. The first-order valence-corrected chi connectivity index (χ1v) is 10.7. The number of halogens is 1. The summed E-state index contributed by atoms with van der Waals surface area (Å²) >= 11 is 6.10. The van der Waals surface area contributed by atoms with E-state index in [1.807, 2.05) is 18.2 Å². The van der Waals surface area contributed by atoms with Crippen LogP contribution in [-0.4, -0.2) is 40.0 Å². The molecule has 0 bridgehead atoms. The third kappa shape index (κ3) is 4.39. The highest BCUT2D eigenvalue weighted by atomic mass is 35.5. The molecule has 5 nitrogen and oxygen atoms in total. The molecule has 0 radical (unpaired) electrons.